The van der Waals surface area contributed by atoms with Crippen molar-refractivity contribution in [3.05, 3.63) is 59.7 Å². The minimum absolute atomic E-state index is 0.156. The first-order valence-corrected chi connectivity index (χ1v) is 10.2. The molecule has 29 heavy (non-hydrogen) atoms. The van der Waals surface area contributed by atoms with Gasteiger partial charge >= 0.3 is 6.03 Å². The third-order valence-corrected chi connectivity index (χ3v) is 5.54. The Balaban J connectivity index is 1.67. The van der Waals surface area contributed by atoms with Crippen LogP contribution in [0, 0.1) is 6.92 Å². The Labute approximate surface area is 174 Å². The van der Waals surface area contributed by atoms with E-state index >= 15 is 0 Å². The Morgan fingerprint density at radius 2 is 1.62 bits per heavy atom. The zero-order valence-electron chi connectivity index (χ0n) is 18.0. The van der Waals surface area contributed by atoms with Crippen LogP contribution in [0.4, 0.5) is 16.2 Å². The molecule has 1 saturated heterocycles. The fraction of sp³-hybridized carbons (Fsp3) is 0.435. The molecule has 1 aliphatic heterocycles. The van der Waals surface area contributed by atoms with E-state index in [0.29, 0.717) is 6.54 Å². The van der Waals surface area contributed by atoms with Crippen molar-refractivity contribution in [1.82, 2.24) is 15.1 Å². The molecule has 1 aliphatic rings. The number of carbonyl (C=O) groups excluding carboxylic acids is 1. The molecule has 1 fully saturated rings. The second kappa shape index (κ2) is 9.76. The number of benzene rings is 2. The number of likely N-dealkylation sites (N-methyl/N-ethyl adjacent to an activating group) is 1. The summed E-state index contributed by atoms with van der Waals surface area (Å²) >= 11 is 0. The summed E-state index contributed by atoms with van der Waals surface area (Å²) in [4.78, 5) is 19.4. The Morgan fingerprint density at radius 1 is 1.00 bits per heavy atom. The van der Waals surface area contributed by atoms with Gasteiger partial charge in [-0.2, -0.15) is 0 Å². The lowest BCUT2D eigenvalue weighted by molar-refractivity contribution is 0.111. The lowest BCUT2D eigenvalue weighted by Crippen LogP contribution is -2.48. The summed E-state index contributed by atoms with van der Waals surface area (Å²) in [5.41, 5.74) is 4.39. The topological polar surface area (TPSA) is 50.9 Å². The van der Waals surface area contributed by atoms with E-state index in [1.807, 2.05) is 45.3 Å². The van der Waals surface area contributed by atoms with Crippen LogP contribution in [0.5, 0.6) is 0 Å². The van der Waals surface area contributed by atoms with E-state index in [1.54, 1.807) is 0 Å². The molecule has 0 spiro atoms. The molecular weight excluding hydrogens is 362 g/mol. The number of nitrogens with zero attached hydrogens (tertiary/aromatic N) is 3. The highest BCUT2D eigenvalue weighted by atomic mass is 16.2. The quantitative estimate of drug-likeness (QED) is 0.789. The number of hydrogen-bond acceptors (Lipinski definition) is 4. The van der Waals surface area contributed by atoms with Crippen LogP contribution in [0.2, 0.25) is 0 Å². The maximum Gasteiger partial charge on any atom is 0.319 e. The summed E-state index contributed by atoms with van der Waals surface area (Å²) in [6.07, 6.45) is 0. The monoisotopic (exact) mass is 395 g/mol. The van der Waals surface area contributed by atoms with Crippen LogP contribution < -0.4 is 15.5 Å². The van der Waals surface area contributed by atoms with Crippen molar-refractivity contribution in [1.29, 1.82) is 0 Å². The average molecular weight is 396 g/mol. The van der Waals surface area contributed by atoms with Crippen LogP contribution in [0.1, 0.15) is 17.2 Å². The molecule has 6 nitrogen and oxygen atoms in total. The summed E-state index contributed by atoms with van der Waals surface area (Å²) in [7, 11) is 6.25. The van der Waals surface area contributed by atoms with Crippen molar-refractivity contribution in [2.75, 3.05) is 64.1 Å². The molecule has 1 atom stereocenters. The van der Waals surface area contributed by atoms with Crippen LogP contribution in [0.15, 0.2) is 48.5 Å². The maximum atomic E-state index is 12.5. The van der Waals surface area contributed by atoms with Crippen molar-refractivity contribution in [3.63, 3.8) is 0 Å². The highest BCUT2D eigenvalue weighted by Crippen LogP contribution is 2.24. The molecule has 1 heterocycles. The first-order valence-electron chi connectivity index (χ1n) is 10.2. The van der Waals surface area contributed by atoms with Gasteiger partial charge in [0.15, 0.2) is 0 Å². The zero-order chi connectivity index (χ0) is 20.8. The Hall–Kier alpha value is -2.57. The SMILES string of the molecule is Cc1ccc(NC(=O)NCC(c2ccc(N(C)C)cc2)N2CCN(C)CC2)cc1. The zero-order valence-corrected chi connectivity index (χ0v) is 18.0. The number of anilines is 2. The van der Waals surface area contributed by atoms with Gasteiger partial charge in [0, 0.05) is 58.2 Å². The molecule has 2 amide bonds. The van der Waals surface area contributed by atoms with E-state index < -0.39 is 0 Å². The molecule has 0 saturated carbocycles. The van der Waals surface area contributed by atoms with Gasteiger partial charge in [0.1, 0.15) is 0 Å². The number of rotatable bonds is 6. The number of piperazine rings is 1. The first-order chi connectivity index (χ1) is 13.9. The molecular formula is C23H33N5O. The second-order valence-corrected chi connectivity index (χ2v) is 8.04. The number of aryl methyl sites for hydroxylation is 1. The van der Waals surface area contributed by atoms with Gasteiger partial charge in [0.05, 0.1) is 6.04 Å². The number of carbonyl (C=O) groups is 1. The molecule has 2 N–H and O–H groups in total. The summed E-state index contributed by atoms with van der Waals surface area (Å²) in [5, 5.41) is 6.00. The van der Waals surface area contributed by atoms with Gasteiger partial charge in [0.25, 0.3) is 0 Å². The van der Waals surface area contributed by atoms with Crippen molar-refractivity contribution < 1.29 is 4.79 Å². The summed E-state index contributed by atoms with van der Waals surface area (Å²) in [6, 6.07) is 16.5. The van der Waals surface area contributed by atoms with Crippen molar-refractivity contribution in [3.8, 4) is 0 Å². The van der Waals surface area contributed by atoms with E-state index in [4.69, 9.17) is 0 Å². The fourth-order valence-corrected chi connectivity index (χ4v) is 3.59. The molecule has 1 unspecified atom stereocenters. The molecule has 0 radical (unpaired) electrons. The maximum absolute atomic E-state index is 12.5. The highest BCUT2D eigenvalue weighted by molar-refractivity contribution is 5.89. The molecule has 0 bridgehead atoms. The minimum atomic E-state index is -0.169. The first kappa shape index (κ1) is 21.1. The second-order valence-electron chi connectivity index (χ2n) is 8.04. The fourth-order valence-electron chi connectivity index (χ4n) is 3.59. The molecule has 156 valence electrons. The molecule has 0 aromatic heterocycles. The number of urea groups is 1. The van der Waals surface area contributed by atoms with Crippen LogP contribution in [0.25, 0.3) is 0 Å². The normalized spacial score (nSPS) is 16.3. The van der Waals surface area contributed by atoms with E-state index in [1.165, 1.54) is 16.8 Å². The summed E-state index contributed by atoms with van der Waals surface area (Å²) in [6.45, 7) is 6.69. The van der Waals surface area contributed by atoms with Gasteiger partial charge in [-0.25, -0.2) is 4.79 Å². The van der Waals surface area contributed by atoms with Gasteiger partial charge in [-0.05, 0) is 43.8 Å². The van der Waals surface area contributed by atoms with Gasteiger partial charge in [-0.15, -0.1) is 0 Å². The van der Waals surface area contributed by atoms with E-state index in [2.05, 4.69) is 56.6 Å². The Morgan fingerprint density at radius 3 is 2.21 bits per heavy atom. The molecule has 0 aliphatic carbocycles. The molecule has 6 heteroatoms. The summed E-state index contributed by atoms with van der Waals surface area (Å²) < 4.78 is 0. The van der Waals surface area contributed by atoms with Crippen molar-refractivity contribution >= 4 is 17.4 Å². The highest BCUT2D eigenvalue weighted by Gasteiger charge is 2.24. The number of hydrogen-bond donors (Lipinski definition) is 2. The largest absolute Gasteiger partial charge is 0.378 e. The molecule has 3 rings (SSSR count). The van der Waals surface area contributed by atoms with Crippen LogP contribution >= 0.6 is 0 Å². The van der Waals surface area contributed by atoms with Gasteiger partial charge in [-0.1, -0.05) is 29.8 Å². The lowest BCUT2D eigenvalue weighted by Gasteiger charge is -2.38. The van der Waals surface area contributed by atoms with Crippen LogP contribution in [-0.2, 0) is 0 Å². The predicted octanol–water partition coefficient (Wildman–Crippen LogP) is 3.17. The Kier molecular flexibility index (Phi) is 7.12. The number of amides is 2. The molecule has 2 aromatic carbocycles. The van der Waals surface area contributed by atoms with E-state index in [9.17, 15) is 4.79 Å². The van der Waals surface area contributed by atoms with Crippen molar-refractivity contribution in [2.45, 2.75) is 13.0 Å². The van der Waals surface area contributed by atoms with E-state index in [-0.39, 0.29) is 12.1 Å². The number of nitrogens with one attached hydrogen (secondary N) is 2. The van der Waals surface area contributed by atoms with Crippen molar-refractivity contribution in [2.24, 2.45) is 0 Å². The smallest absolute Gasteiger partial charge is 0.319 e. The third-order valence-electron chi connectivity index (χ3n) is 5.54. The van der Waals surface area contributed by atoms with Crippen LogP contribution in [0.3, 0.4) is 0 Å². The Bertz CT molecular complexity index is 780. The minimum Gasteiger partial charge on any atom is -0.378 e. The molecule has 2 aromatic rings. The van der Waals surface area contributed by atoms with Gasteiger partial charge < -0.3 is 20.4 Å². The van der Waals surface area contributed by atoms with E-state index in [0.717, 1.165) is 31.9 Å². The van der Waals surface area contributed by atoms with Gasteiger partial charge in [0.2, 0.25) is 0 Å². The van der Waals surface area contributed by atoms with Crippen LogP contribution in [-0.4, -0.2) is 69.7 Å². The standard InChI is InChI=1S/C23H33N5O/c1-18-5-9-20(10-6-18)25-23(29)24-17-22(28-15-13-27(4)14-16-28)19-7-11-21(12-8-19)26(2)3/h5-12,22H,13-17H2,1-4H3,(H2,24,25,29). The summed E-state index contributed by atoms with van der Waals surface area (Å²) in [5.74, 6) is 0. The predicted molar refractivity (Wildman–Crippen MR) is 121 cm³/mol. The lowest BCUT2D eigenvalue weighted by atomic mass is 10.0. The third kappa shape index (κ3) is 5.95. The average Bonchev–Trinajstić information content (AvgIpc) is 2.71. The van der Waals surface area contributed by atoms with Gasteiger partial charge in [-0.3, -0.25) is 4.90 Å².